The van der Waals surface area contributed by atoms with Gasteiger partial charge in [-0.2, -0.15) is 17.5 Å². The predicted molar refractivity (Wildman–Crippen MR) is 152 cm³/mol. The summed E-state index contributed by atoms with van der Waals surface area (Å²) in [6.45, 7) is 3.58. The van der Waals surface area contributed by atoms with E-state index in [9.17, 15) is 22.8 Å². The molecule has 5 rings (SSSR count). The Labute approximate surface area is 238 Å². The molecule has 206 valence electrons. The van der Waals surface area contributed by atoms with Crippen molar-refractivity contribution in [2.75, 3.05) is 5.32 Å². The van der Waals surface area contributed by atoms with Crippen LogP contribution in [0.25, 0.3) is 29.6 Å². The van der Waals surface area contributed by atoms with Crippen LogP contribution in [0.5, 0.6) is 0 Å². The third kappa shape index (κ3) is 5.88. The van der Waals surface area contributed by atoms with E-state index in [1.165, 1.54) is 46.3 Å². The molecule has 0 saturated carbocycles. The van der Waals surface area contributed by atoms with Gasteiger partial charge in [-0.1, -0.05) is 42.5 Å². The smallest absolute Gasteiger partial charge is 0.416 e. The number of nitrogens with zero attached hydrogens (tertiary/aromatic N) is 1. The molecular weight excluding hydrogens is 582 g/mol. The van der Waals surface area contributed by atoms with Crippen LogP contribution < -0.4 is 5.32 Å². The molecule has 0 bridgehead atoms. The summed E-state index contributed by atoms with van der Waals surface area (Å²) in [5, 5.41) is 11.8. The zero-order valence-corrected chi connectivity index (χ0v) is 23.5. The molecule has 1 amide bonds. The van der Waals surface area contributed by atoms with Gasteiger partial charge in [-0.3, -0.25) is 10.1 Å². The molecule has 0 saturated heterocycles. The highest BCUT2D eigenvalue weighted by Gasteiger charge is 2.34. The molecule has 1 atom stereocenters. The maximum Gasteiger partial charge on any atom is 0.416 e. The average molecular weight is 603 g/mol. The SMILES string of the molecule is Cc1nsc(-c2cc3sc(-c4ccc(CC(=O)O)c(C(F)(F)F)c4)cc3s2)c1NC(=O)O[C@H](C)c1ccccc1. The minimum atomic E-state index is -4.67. The zero-order chi connectivity index (χ0) is 28.6. The van der Waals surface area contributed by atoms with E-state index in [1.54, 1.807) is 13.8 Å². The first-order chi connectivity index (χ1) is 19.0. The van der Waals surface area contributed by atoms with Crippen molar-refractivity contribution in [2.24, 2.45) is 0 Å². The lowest BCUT2D eigenvalue weighted by Crippen LogP contribution is -2.16. The highest BCUT2D eigenvalue weighted by molar-refractivity contribution is 7.32. The number of aryl methyl sites for hydroxylation is 1. The summed E-state index contributed by atoms with van der Waals surface area (Å²) in [4.78, 5) is 26.0. The number of benzene rings is 2. The van der Waals surface area contributed by atoms with E-state index >= 15 is 0 Å². The molecule has 6 nitrogen and oxygen atoms in total. The number of aromatic nitrogens is 1. The van der Waals surface area contributed by atoms with Gasteiger partial charge < -0.3 is 9.84 Å². The van der Waals surface area contributed by atoms with Crippen LogP contribution in [0.15, 0.2) is 60.7 Å². The first kappa shape index (κ1) is 27.8. The monoisotopic (exact) mass is 602 g/mol. The number of alkyl halides is 3. The van der Waals surface area contributed by atoms with Gasteiger partial charge in [-0.15, -0.1) is 22.7 Å². The van der Waals surface area contributed by atoms with Gasteiger partial charge >= 0.3 is 18.2 Å². The number of hydrogen-bond donors (Lipinski definition) is 2. The minimum absolute atomic E-state index is 0.276. The van der Waals surface area contributed by atoms with Crippen LogP contribution in [-0.4, -0.2) is 21.5 Å². The lowest BCUT2D eigenvalue weighted by atomic mass is 10.0. The number of nitrogens with one attached hydrogen (secondary N) is 1. The van der Waals surface area contributed by atoms with E-state index < -0.39 is 36.3 Å². The van der Waals surface area contributed by atoms with E-state index in [0.717, 1.165) is 30.8 Å². The first-order valence-corrected chi connectivity index (χ1v) is 14.3. The third-order valence-corrected chi connectivity index (χ3v) is 9.58. The molecule has 2 N–H and O–H groups in total. The first-order valence-electron chi connectivity index (χ1n) is 11.9. The maximum absolute atomic E-state index is 13.6. The normalized spacial score (nSPS) is 12.4. The number of carbonyl (C=O) groups is 2. The largest absolute Gasteiger partial charge is 0.481 e. The Bertz CT molecular complexity index is 1680. The van der Waals surface area contributed by atoms with Crippen molar-refractivity contribution in [3.8, 4) is 20.2 Å². The van der Waals surface area contributed by atoms with Gasteiger partial charge in [0.05, 0.1) is 33.1 Å². The van der Waals surface area contributed by atoms with E-state index in [-0.39, 0.29) is 5.56 Å². The summed E-state index contributed by atoms with van der Waals surface area (Å²) < 4.78 is 52.6. The minimum Gasteiger partial charge on any atom is -0.481 e. The van der Waals surface area contributed by atoms with Gasteiger partial charge in [-0.25, -0.2) is 4.79 Å². The lowest BCUT2D eigenvalue weighted by molar-refractivity contribution is -0.139. The molecule has 0 aliphatic carbocycles. The summed E-state index contributed by atoms with van der Waals surface area (Å²) in [5.41, 5.74) is 1.20. The number of anilines is 1. The highest BCUT2D eigenvalue weighted by Crippen LogP contribution is 2.46. The fourth-order valence-corrected chi connectivity index (χ4v) is 7.50. The Morgan fingerprint density at radius 3 is 2.38 bits per heavy atom. The summed E-state index contributed by atoms with van der Waals surface area (Å²) >= 11 is 4.02. The molecule has 5 aromatic rings. The van der Waals surface area contributed by atoms with Crippen molar-refractivity contribution in [1.82, 2.24) is 4.37 Å². The number of ether oxygens (including phenoxy) is 1. The van der Waals surface area contributed by atoms with Crippen molar-refractivity contribution in [3.05, 3.63) is 83.0 Å². The van der Waals surface area contributed by atoms with E-state index in [1.807, 2.05) is 42.5 Å². The summed E-state index contributed by atoms with van der Waals surface area (Å²) in [6.07, 6.45) is -6.43. The van der Waals surface area contributed by atoms with Crippen molar-refractivity contribution < 1.29 is 32.6 Å². The summed E-state index contributed by atoms with van der Waals surface area (Å²) in [7, 11) is 0. The van der Waals surface area contributed by atoms with Crippen molar-refractivity contribution in [3.63, 3.8) is 0 Å². The van der Waals surface area contributed by atoms with Gasteiger partial charge in [0.1, 0.15) is 6.10 Å². The molecular formula is C28H21F3N2O4S3. The summed E-state index contributed by atoms with van der Waals surface area (Å²) in [5.74, 6) is -1.33. The Balaban J connectivity index is 1.39. The average Bonchev–Trinajstić information content (AvgIpc) is 3.57. The fraction of sp³-hybridized carbons (Fsp3) is 0.179. The Kier molecular flexibility index (Phi) is 7.67. The van der Waals surface area contributed by atoms with Crippen molar-refractivity contribution >= 4 is 61.4 Å². The highest BCUT2D eigenvalue weighted by atomic mass is 32.1. The Morgan fingerprint density at radius 2 is 1.70 bits per heavy atom. The molecule has 12 heteroatoms. The third-order valence-electron chi connectivity index (χ3n) is 6.11. The second-order valence-corrected chi connectivity index (χ2v) is 11.9. The molecule has 3 aromatic heterocycles. The van der Waals surface area contributed by atoms with Crippen LogP contribution in [0.2, 0.25) is 0 Å². The van der Waals surface area contributed by atoms with Crippen molar-refractivity contribution in [2.45, 2.75) is 32.5 Å². The number of carbonyl (C=O) groups excluding carboxylic acids is 1. The number of carboxylic acids is 1. The van der Waals surface area contributed by atoms with Crippen LogP contribution in [0.1, 0.15) is 35.4 Å². The number of amides is 1. The molecule has 2 aromatic carbocycles. The lowest BCUT2D eigenvalue weighted by Gasteiger charge is -2.14. The number of hydrogen-bond acceptors (Lipinski definition) is 7. The standard InChI is InChI=1S/C28H21F3N2O4S3/c1-14-25(32-27(36)37-15(2)16-6-4-3-5-7-16)26(40-33-14)23-13-22-21(39-23)12-20(38-22)18-9-8-17(11-24(34)35)19(10-18)28(29,30)31/h3-10,12-13,15H,11H2,1-2H3,(H,32,36)(H,34,35)/t15-/m1/s1. The van der Waals surface area contributed by atoms with Crippen molar-refractivity contribution in [1.29, 1.82) is 0 Å². The molecule has 40 heavy (non-hydrogen) atoms. The molecule has 0 fully saturated rings. The molecule has 0 spiro atoms. The van der Waals surface area contributed by atoms with E-state index in [2.05, 4.69) is 9.69 Å². The van der Waals surface area contributed by atoms with Gasteiger partial charge in [0.15, 0.2) is 0 Å². The van der Waals surface area contributed by atoms with E-state index in [0.29, 0.717) is 21.8 Å². The fourth-order valence-electron chi connectivity index (χ4n) is 4.17. The van der Waals surface area contributed by atoms with Crippen LogP contribution in [0, 0.1) is 6.92 Å². The van der Waals surface area contributed by atoms with Crippen LogP contribution in [0.3, 0.4) is 0 Å². The molecule has 0 unspecified atom stereocenters. The number of rotatable bonds is 7. The number of fused-ring (bicyclic) bond motifs is 1. The summed E-state index contributed by atoms with van der Waals surface area (Å²) in [6, 6.07) is 16.9. The van der Waals surface area contributed by atoms with Gasteiger partial charge in [0.2, 0.25) is 0 Å². The number of thiophene rings is 2. The maximum atomic E-state index is 13.6. The molecule has 0 radical (unpaired) electrons. The number of halogens is 3. The van der Waals surface area contributed by atoms with Crippen LogP contribution in [-0.2, 0) is 22.1 Å². The second kappa shape index (κ2) is 11.0. The molecule has 0 aliphatic rings. The quantitative estimate of drug-likeness (QED) is 0.194. The molecule has 0 aliphatic heterocycles. The van der Waals surface area contributed by atoms with Gasteiger partial charge in [-0.05, 0) is 60.3 Å². The van der Waals surface area contributed by atoms with E-state index in [4.69, 9.17) is 9.84 Å². The Morgan fingerprint density at radius 1 is 1.02 bits per heavy atom. The van der Waals surface area contributed by atoms with Crippen LogP contribution >= 0.6 is 34.2 Å². The molecule has 3 heterocycles. The Hall–Kier alpha value is -3.74. The predicted octanol–water partition coefficient (Wildman–Crippen LogP) is 9.02. The zero-order valence-electron chi connectivity index (χ0n) is 21.0. The topological polar surface area (TPSA) is 88.5 Å². The number of aliphatic carboxylic acids is 1. The number of carboxylic acid groups (broad SMARTS) is 1. The second-order valence-electron chi connectivity index (χ2n) is 8.95. The van der Waals surface area contributed by atoms with Crippen LogP contribution in [0.4, 0.5) is 23.7 Å². The van der Waals surface area contributed by atoms with Gasteiger partial charge in [0.25, 0.3) is 0 Å². The van der Waals surface area contributed by atoms with Gasteiger partial charge in [0, 0.05) is 14.3 Å².